The molecule has 0 spiro atoms. The highest BCUT2D eigenvalue weighted by molar-refractivity contribution is 5.81. The lowest BCUT2D eigenvalue weighted by Gasteiger charge is -2.03. The van der Waals surface area contributed by atoms with Gasteiger partial charge in [-0.25, -0.2) is 4.39 Å². The van der Waals surface area contributed by atoms with Crippen molar-refractivity contribution in [3.05, 3.63) is 65.7 Å². The molecule has 0 saturated heterocycles. The lowest BCUT2D eigenvalue weighted by molar-refractivity contribution is -0.118. The van der Waals surface area contributed by atoms with Crippen LogP contribution in [0.5, 0.6) is 0 Å². The van der Waals surface area contributed by atoms with E-state index in [9.17, 15) is 9.18 Å². The van der Waals surface area contributed by atoms with Gasteiger partial charge < -0.3 is 0 Å². The molecule has 3 heteroatoms. The van der Waals surface area contributed by atoms with Gasteiger partial charge >= 0.3 is 0 Å². The summed E-state index contributed by atoms with van der Waals surface area (Å²) in [5.41, 5.74) is 1.49. The van der Waals surface area contributed by atoms with Crippen LogP contribution < -0.4 is 0 Å². The zero-order chi connectivity index (χ0) is 12.8. The van der Waals surface area contributed by atoms with Crippen molar-refractivity contribution in [1.82, 2.24) is 4.98 Å². The van der Waals surface area contributed by atoms with E-state index < -0.39 is 0 Å². The number of carbonyl (C=O) groups is 1. The Morgan fingerprint density at radius 1 is 1.17 bits per heavy atom. The van der Waals surface area contributed by atoms with Crippen LogP contribution in [0.15, 0.2) is 48.8 Å². The minimum absolute atomic E-state index is 0.0453. The first kappa shape index (κ1) is 12.4. The summed E-state index contributed by atoms with van der Waals surface area (Å²) in [6, 6.07) is 10.2. The van der Waals surface area contributed by atoms with Crippen LogP contribution in [0.2, 0.25) is 0 Å². The average Bonchev–Trinajstić information content (AvgIpc) is 2.40. The summed E-state index contributed by atoms with van der Waals surface area (Å²) in [4.78, 5) is 15.7. The van der Waals surface area contributed by atoms with Crippen molar-refractivity contribution < 1.29 is 9.18 Å². The van der Waals surface area contributed by atoms with Gasteiger partial charge in [0.25, 0.3) is 0 Å². The standard InChI is InChI=1S/C15H14FNO/c16-15-6-2-1-5-13(15)10-14(18)8-7-12-4-3-9-17-11-12/h1-6,9,11H,7-8,10H2. The first-order chi connectivity index (χ1) is 8.75. The Labute approximate surface area is 105 Å². The molecule has 2 nitrogen and oxygen atoms in total. The second-order valence-electron chi connectivity index (χ2n) is 4.17. The molecule has 18 heavy (non-hydrogen) atoms. The van der Waals surface area contributed by atoms with Crippen LogP contribution in [0.1, 0.15) is 17.5 Å². The first-order valence-electron chi connectivity index (χ1n) is 5.90. The third-order valence-corrected chi connectivity index (χ3v) is 2.76. The normalized spacial score (nSPS) is 10.3. The quantitative estimate of drug-likeness (QED) is 0.808. The number of aryl methyl sites for hydroxylation is 1. The summed E-state index contributed by atoms with van der Waals surface area (Å²) < 4.78 is 13.4. The van der Waals surface area contributed by atoms with Crippen LogP contribution in [0.25, 0.3) is 0 Å². The fourth-order valence-corrected chi connectivity index (χ4v) is 1.77. The zero-order valence-electron chi connectivity index (χ0n) is 9.97. The summed E-state index contributed by atoms with van der Waals surface area (Å²) in [7, 11) is 0. The molecule has 92 valence electrons. The molecule has 1 aromatic carbocycles. The van der Waals surface area contributed by atoms with Gasteiger partial charge in [-0.15, -0.1) is 0 Å². The first-order valence-corrected chi connectivity index (χ1v) is 5.90. The van der Waals surface area contributed by atoms with Crippen LogP contribution in [0.3, 0.4) is 0 Å². The van der Waals surface area contributed by atoms with Crippen molar-refractivity contribution in [3.8, 4) is 0 Å². The molecular formula is C15H14FNO. The molecule has 2 aromatic rings. The van der Waals surface area contributed by atoms with E-state index in [2.05, 4.69) is 4.98 Å². The van der Waals surface area contributed by atoms with Crippen molar-refractivity contribution in [3.63, 3.8) is 0 Å². The number of ketones is 1. The topological polar surface area (TPSA) is 30.0 Å². The summed E-state index contributed by atoms with van der Waals surface area (Å²) >= 11 is 0. The summed E-state index contributed by atoms with van der Waals surface area (Å²) in [5.74, 6) is -0.267. The Morgan fingerprint density at radius 3 is 2.72 bits per heavy atom. The molecule has 0 radical (unpaired) electrons. The summed E-state index contributed by atoms with van der Waals surface area (Å²) in [6.07, 6.45) is 4.68. The van der Waals surface area contributed by atoms with Gasteiger partial charge in [-0.05, 0) is 29.7 Å². The molecular weight excluding hydrogens is 229 g/mol. The molecule has 0 saturated carbocycles. The molecule has 0 aliphatic carbocycles. The SMILES string of the molecule is O=C(CCc1cccnc1)Cc1ccccc1F. The van der Waals surface area contributed by atoms with Gasteiger partial charge in [0.15, 0.2) is 0 Å². The Kier molecular flexibility index (Phi) is 4.18. The van der Waals surface area contributed by atoms with Crippen molar-refractivity contribution in [2.75, 3.05) is 0 Å². The molecule has 0 aliphatic rings. The molecule has 0 fully saturated rings. The maximum Gasteiger partial charge on any atom is 0.137 e. The third kappa shape index (κ3) is 3.48. The van der Waals surface area contributed by atoms with Crippen LogP contribution in [-0.2, 0) is 17.6 Å². The van der Waals surface area contributed by atoms with Gasteiger partial charge in [0.05, 0.1) is 0 Å². The zero-order valence-corrected chi connectivity index (χ0v) is 9.97. The lowest BCUT2D eigenvalue weighted by Crippen LogP contribution is -2.05. The monoisotopic (exact) mass is 243 g/mol. The molecule has 0 aliphatic heterocycles. The molecule has 0 N–H and O–H groups in total. The number of nitrogens with zero attached hydrogens (tertiary/aromatic N) is 1. The number of hydrogen-bond acceptors (Lipinski definition) is 2. The average molecular weight is 243 g/mol. The minimum atomic E-state index is -0.313. The van der Waals surface area contributed by atoms with E-state index in [1.807, 2.05) is 12.1 Å². The van der Waals surface area contributed by atoms with Crippen LogP contribution in [-0.4, -0.2) is 10.8 Å². The second-order valence-corrected chi connectivity index (χ2v) is 4.17. The number of Topliss-reactive ketones (excluding diaryl/α,β-unsaturated/α-hetero) is 1. The number of rotatable bonds is 5. The van der Waals surface area contributed by atoms with E-state index >= 15 is 0 Å². The number of pyridine rings is 1. The Hall–Kier alpha value is -2.03. The molecule has 1 aromatic heterocycles. The third-order valence-electron chi connectivity index (χ3n) is 2.76. The van der Waals surface area contributed by atoms with Gasteiger partial charge in [0.2, 0.25) is 0 Å². The minimum Gasteiger partial charge on any atom is -0.299 e. The predicted octanol–water partition coefficient (Wildman–Crippen LogP) is 2.97. The number of benzene rings is 1. The number of hydrogen-bond donors (Lipinski definition) is 0. The molecule has 1 heterocycles. The van der Waals surface area contributed by atoms with Gasteiger partial charge in [-0.2, -0.15) is 0 Å². The van der Waals surface area contributed by atoms with Crippen molar-refractivity contribution in [1.29, 1.82) is 0 Å². The van der Waals surface area contributed by atoms with Gasteiger partial charge in [-0.3, -0.25) is 9.78 Å². The number of carbonyl (C=O) groups excluding carboxylic acids is 1. The van der Waals surface area contributed by atoms with Crippen LogP contribution in [0, 0.1) is 5.82 Å². The van der Waals surface area contributed by atoms with Crippen molar-refractivity contribution in [2.24, 2.45) is 0 Å². The number of aromatic nitrogens is 1. The highest BCUT2D eigenvalue weighted by atomic mass is 19.1. The fourth-order valence-electron chi connectivity index (χ4n) is 1.77. The van der Waals surface area contributed by atoms with Gasteiger partial charge in [0.1, 0.15) is 11.6 Å². The largest absolute Gasteiger partial charge is 0.299 e. The molecule has 0 bridgehead atoms. The van der Waals surface area contributed by atoms with E-state index in [0.29, 0.717) is 18.4 Å². The van der Waals surface area contributed by atoms with E-state index in [0.717, 1.165) is 5.56 Å². The summed E-state index contributed by atoms with van der Waals surface area (Å²) in [5, 5.41) is 0. The van der Waals surface area contributed by atoms with E-state index in [4.69, 9.17) is 0 Å². The van der Waals surface area contributed by atoms with Gasteiger partial charge in [0, 0.05) is 25.2 Å². The molecule has 2 rings (SSSR count). The Morgan fingerprint density at radius 2 is 2.00 bits per heavy atom. The maximum absolute atomic E-state index is 13.4. The predicted molar refractivity (Wildman–Crippen MR) is 67.7 cm³/mol. The van der Waals surface area contributed by atoms with Crippen molar-refractivity contribution in [2.45, 2.75) is 19.3 Å². The maximum atomic E-state index is 13.4. The summed E-state index contributed by atoms with van der Waals surface area (Å²) in [6.45, 7) is 0. The van der Waals surface area contributed by atoms with E-state index in [1.165, 1.54) is 6.07 Å². The highest BCUT2D eigenvalue weighted by Crippen LogP contribution is 2.09. The second kappa shape index (κ2) is 6.05. The number of halogens is 1. The molecule has 0 amide bonds. The Balaban J connectivity index is 1.88. The Bertz CT molecular complexity index is 525. The van der Waals surface area contributed by atoms with Gasteiger partial charge in [-0.1, -0.05) is 24.3 Å². The van der Waals surface area contributed by atoms with Crippen LogP contribution >= 0.6 is 0 Å². The van der Waals surface area contributed by atoms with E-state index in [-0.39, 0.29) is 18.0 Å². The fraction of sp³-hybridized carbons (Fsp3) is 0.200. The van der Waals surface area contributed by atoms with E-state index in [1.54, 1.807) is 30.6 Å². The van der Waals surface area contributed by atoms with Crippen LogP contribution in [0.4, 0.5) is 4.39 Å². The smallest absolute Gasteiger partial charge is 0.137 e. The molecule has 0 unspecified atom stereocenters. The highest BCUT2D eigenvalue weighted by Gasteiger charge is 2.07. The molecule has 0 atom stereocenters. The lowest BCUT2D eigenvalue weighted by atomic mass is 10.0. The van der Waals surface area contributed by atoms with Crippen molar-refractivity contribution >= 4 is 5.78 Å².